The molecule has 3 heterocycles. The second-order valence-electron chi connectivity index (χ2n) is 8.74. The highest BCUT2D eigenvalue weighted by Crippen LogP contribution is 2.25. The smallest absolute Gasteiger partial charge is 0.258 e. The van der Waals surface area contributed by atoms with Crippen LogP contribution in [-0.2, 0) is 17.6 Å². The maximum atomic E-state index is 12.4. The lowest BCUT2D eigenvalue weighted by Crippen LogP contribution is -2.25. The maximum absolute atomic E-state index is 12.4. The van der Waals surface area contributed by atoms with Crippen LogP contribution in [0.25, 0.3) is 33.7 Å². The Labute approximate surface area is 207 Å². The molecule has 1 N–H and O–H groups in total. The van der Waals surface area contributed by atoms with Gasteiger partial charge in [-0.15, -0.1) is 15.3 Å². The average molecular weight is 476 g/mol. The highest BCUT2D eigenvalue weighted by Gasteiger charge is 2.18. The Hall–Kier alpha value is -4.59. The first-order valence-corrected chi connectivity index (χ1v) is 12.2. The summed E-state index contributed by atoms with van der Waals surface area (Å²) in [6.45, 7) is 0.634. The first-order chi connectivity index (χ1) is 17.8. The lowest BCUT2D eigenvalue weighted by atomic mass is 10.1. The molecule has 0 saturated carbocycles. The Morgan fingerprint density at radius 3 is 2.42 bits per heavy atom. The molecule has 0 fully saturated rings. The van der Waals surface area contributed by atoms with Crippen molar-refractivity contribution in [2.75, 3.05) is 6.54 Å². The van der Waals surface area contributed by atoms with Crippen molar-refractivity contribution in [3.8, 4) is 11.4 Å². The molecule has 1 amide bonds. The van der Waals surface area contributed by atoms with Gasteiger partial charge in [0.2, 0.25) is 5.91 Å². The lowest BCUT2D eigenvalue weighted by Gasteiger charge is -2.07. The zero-order valence-corrected chi connectivity index (χ0v) is 19.7. The molecule has 0 bridgehead atoms. The van der Waals surface area contributed by atoms with Crippen molar-refractivity contribution in [2.45, 2.75) is 25.7 Å². The minimum absolute atomic E-state index is 0.0516. The molecule has 0 aliphatic heterocycles. The van der Waals surface area contributed by atoms with Gasteiger partial charge in [0.25, 0.3) is 5.78 Å². The normalized spacial score (nSPS) is 11.4. The van der Waals surface area contributed by atoms with Crippen LogP contribution in [0.2, 0.25) is 0 Å². The van der Waals surface area contributed by atoms with E-state index < -0.39 is 0 Å². The van der Waals surface area contributed by atoms with Crippen molar-refractivity contribution in [1.29, 1.82) is 0 Å². The number of nitrogens with one attached hydrogen (secondary N) is 1. The Morgan fingerprint density at radius 2 is 1.58 bits per heavy atom. The molecule has 178 valence electrons. The summed E-state index contributed by atoms with van der Waals surface area (Å²) >= 11 is 0. The van der Waals surface area contributed by atoms with Crippen LogP contribution in [0.4, 0.5) is 0 Å². The summed E-state index contributed by atoms with van der Waals surface area (Å²) in [5, 5.41) is 17.7. The molecule has 6 rings (SSSR count). The predicted molar refractivity (Wildman–Crippen MR) is 139 cm³/mol. The van der Waals surface area contributed by atoms with E-state index >= 15 is 0 Å². The van der Waals surface area contributed by atoms with Gasteiger partial charge in [-0.1, -0.05) is 72.8 Å². The summed E-state index contributed by atoms with van der Waals surface area (Å²) in [5.74, 6) is 2.11. The minimum atomic E-state index is 0.0516. The Balaban J connectivity index is 1.23. The summed E-state index contributed by atoms with van der Waals surface area (Å²) in [6.07, 6.45) is 2.57. The molecule has 36 heavy (non-hydrogen) atoms. The van der Waals surface area contributed by atoms with Crippen LogP contribution < -0.4 is 5.32 Å². The SMILES string of the molecule is O=C(CCCc1nnc2n3nc(-c4ccccc4)nc3c3ccccc3n12)NCCc1ccccc1. The third kappa shape index (κ3) is 4.17. The molecule has 0 unspecified atom stereocenters. The molecular weight excluding hydrogens is 450 g/mol. The topological polar surface area (TPSA) is 89.5 Å². The Bertz CT molecular complexity index is 1660. The van der Waals surface area contributed by atoms with Gasteiger partial charge in [0.05, 0.1) is 5.52 Å². The number of hydrogen-bond acceptors (Lipinski definition) is 5. The summed E-state index contributed by atoms with van der Waals surface area (Å²) in [6, 6.07) is 28.1. The number of nitrogens with zero attached hydrogens (tertiary/aromatic N) is 6. The van der Waals surface area contributed by atoms with Gasteiger partial charge >= 0.3 is 0 Å². The van der Waals surface area contributed by atoms with E-state index in [-0.39, 0.29) is 5.91 Å². The minimum Gasteiger partial charge on any atom is -0.356 e. The largest absolute Gasteiger partial charge is 0.356 e. The number of benzene rings is 3. The van der Waals surface area contributed by atoms with Gasteiger partial charge in [-0.05, 0) is 30.5 Å². The highest BCUT2D eigenvalue weighted by atomic mass is 16.1. The number of aromatic nitrogens is 6. The van der Waals surface area contributed by atoms with Gasteiger partial charge in [0, 0.05) is 30.3 Å². The first kappa shape index (κ1) is 21.9. The third-order valence-electron chi connectivity index (χ3n) is 6.31. The zero-order valence-electron chi connectivity index (χ0n) is 19.7. The molecule has 0 aliphatic carbocycles. The van der Waals surface area contributed by atoms with Gasteiger partial charge in [-0.3, -0.25) is 9.20 Å². The summed E-state index contributed by atoms with van der Waals surface area (Å²) in [7, 11) is 0. The quantitative estimate of drug-likeness (QED) is 0.355. The van der Waals surface area contributed by atoms with Crippen molar-refractivity contribution in [3.05, 3.63) is 96.3 Å². The second-order valence-corrected chi connectivity index (χ2v) is 8.74. The Morgan fingerprint density at radius 1 is 0.833 bits per heavy atom. The third-order valence-corrected chi connectivity index (χ3v) is 6.31. The fourth-order valence-corrected chi connectivity index (χ4v) is 4.53. The number of carbonyl (C=O) groups is 1. The maximum Gasteiger partial charge on any atom is 0.258 e. The predicted octanol–water partition coefficient (Wildman–Crippen LogP) is 4.27. The van der Waals surface area contributed by atoms with E-state index in [4.69, 9.17) is 10.1 Å². The van der Waals surface area contributed by atoms with Crippen LogP contribution in [0, 0.1) is 0 Å². The molecule has 0 aliphatic rings. The molecule has 3 aromatic carbocycles. The number of amides is 1. The van der Waals surface area contributed by atoms with Gasteiger partial charge in [-0.2, -0.15) is 4.52 Å². The monoisotopic (exact) mass is 475 g/mol. The summed E-state index contributed by atoms with van der Waals surface area (Å²) < 4.78 is 3.79. The van der Waals surface area contributed by atoms with Crippen molar-refractivity contribution in [1.82, 2.24) is 34.5 Å². The van der Waals surface area contributed by atoms with Crippen molar-refractivity contribution < 1.29 is 4.79 Å². The molecule has 0 atom stereocenters. The lowest BCUT2D eigenvalue weighted by molar-refractivity contribution is -0.121. The van der Waals surface area contributed by atoms with Gasteiger partial charge in [0.15, 0.2) is 11.5 Å². The van der Waals surface area contributed by atoms with Crippen LogP contribution in [0.3, 0.4) is 0 Å². The number of fused-ring (bicyclic) bond motifs is 6. The molecule has 0 saturated heterocycles. The molecule has 6 aromatic rings. The number of hydrogen-bond donors (Lipinski definition) is 1. The number of rotatable bonds is 8. The fourth-order valence-electron chi connectivity index (χ4n) is 4.53. The van der Waals surface area contributed by atoms with E-state index in [0.717, 1.165) is 34.4 Å². The number of para-hydroxylation sites is 1. The fraction of sp³-hybridized carbons (Fsp3) is 0.179. The van der Waals surface area contributed by atoms with E-state index in [9.17, 15) is 4.79 Å². The second kappa shape index (κ2) is 9.58. The van der Waals surface area contributed by atoms with E-state index in [1.807, 2.05) is 77.2 Å². The molecule has 0 spiro atoms. The molecule has 8 nitrogen and oxygen atoms in total. The van der Waals surface area contributed by atoms with Crippen LogP contribution in [0.15, 0.2) is 84.9 Å². The molecular formula is C28H25N7O. The van der Waals surface area contributed by atoms with Crippen LogP contribution in [0.1, 0.15) is 24.2 Å². The van der Waals surface area contributed by atoms with Gasteiger partial charge in [-0.25, -0.2) is 4.98 Å². The van der Waals surface area contributed by atoms with E-state index in [2.05, 4.69) is 27.6 Å². The molecule has 3 aromatic heterocycles. The van der Waals surface area contributed by atoms with Crippen LogP contribution >= 0.6 is 0 Å². The number of aryl methyl sites for hydroxylation is 1. The van der Waals surface area contributed by atoms with Crippen LogP contribution in [0.5, 0.6) is 0 Å². The average Bonchev–Trinajstić information content (AvgIpc) is 3.55. The van der Waals surface area contributed by atoms with E-state index in [1.165, 1.54) is 5.56 Å². The van der Waals surface area contributed by atoms with Gasteiger partial charge < -0.3 is 5.32 Å². The number of carbonyl (C=O) groups excluding carboxylic acids is 1. The van der Waals surface area contributed by atoms with E-state index in [1.54, 1.807) is 4.52 Å². The van der Waals surface area contributed by atoms with Crippen molar-refractivity contribution in [3.63, 3.8) is 0 Å². The van der Waals surface area contributed by atoms with Crippen LogP contribution in [-0.4, -0.2) is 41.6 Å². The van der Waals surface area contributed by atoms with E-state index in [0.29, 0.717) is 37.4 Å². The molecule has 8 heteroatoms. The van der Waals surface area contributed by atoms with Crippen molar-refractivity contribution in [2.24, 2.45) is 0 Å². The standard InChI is InChI=1S/C28H25N7O/c36-25(29-19-18-20-10-3-1-4-11-20)17-9-16-24-31-32-28-34(24)23-15-8-7-14-22(23)27-30-26(33-35(27)28)21-12-5-2-6-13-21/h1-8,10-15H,9,16-19H2,(H,29,36). The van der Waals surface area contributed by atoms with Crippen molar-refractivity contribution >= 4 is 28.2 Å². The first-order valence-electron chi connectivity index (χ1n) is 12.2. The summed E-state index contributed by atoms with van der Waals surface area (Å²) in [5.41, 5.74) is 3.88. The molecule has 0 radical (unpaired) electrons. The Kier molecular flexibility index (Phi) is 5.83. The summed E-state index contributed by atoms with van der Waals surface area (Å²) in [4.78, 5) is 17.2. The van der Waals surface area contributed by atoms with Gasteiger partial charge in [0.1, 0.15) is 5.82 Å². The highest BCUT2D eigenvalue weighted by molar-refractivity contribution is 5.94. The zero-order chi connectivity index (χ0) is 24.3.